The summed E-state index contributed by atoms with van der Waals surface area (Å²) in [6, 6.07) is 0. The molecule has 0 saturated heterocycles. The molecule has 0 rings (SSSR count). The lowest BCUT2D eigenvalue weighted by Crippen LogP contribution is -2.76. The number of aliphatic hydroxyl groups is 3. The molecular weight excluding hydrogens is 176 g/mol. The van der Waals surface area contributed by atoms with Crippen LogP contribution in [0.3, 0.4) is 0 Å². The first-order valence-corrected chi connectivity index (χ1v) is 3.71. The highest BCUT2D eigenvalue weighted by Crippen LogP contribution is 2.20. The minimum atomic E-state index is -2.03. The third-order valence-electron chi connectivity index (χ3n) is 1.36. The highest BCUT2D eigenvalue weighted by molar-refractivity contribution is 4.82. The SMILES string of the molecule is CC(N)(O)N(C(C)(N)O)C(C)(N)O. The molecule has 0 radical (unpaired) electrons. The fraction of sp³-hybridized carbons (Fsp3) is 1.00. The summed E-state index contributed by atoms with van der Waals surface area (Å²) >= 11 is 0. The minimum Gasteiger partial charge on any atom is -0.363 e. The van der Waals surface area contributed by atoms with Crippen LogP contribution >= 0.6 is 0 Å². The van der Waals surface area contributed by atoms with Gasteiger partial charge < -0.3 is 15.3 Å². The van der Waals surface area contributed by atoms with Crippen molar-refractivity contribution in [3.05, 3.63) is 0 Å². The van der Waals surface area contributed by atoms with E-state index in [1.807, 2.05) is 0 Å². The van der Waals surface area contributed by atoms with Gasteiger partial charge in [-0.25, -0.2) is 0 Å². The molecule has 13 heavy (non-hydrogen) atoms. The van der Waals surface area contributed by atoms with E-state index in [1.54, 1.807) is 0 Å². The van der Waals surface area contributed by atoms with Crippen molar-refractivity contribution in [2.45, 2.75) is 38.3 Å². The van der Waals surface area contributed by atoms with E-state index in [-0.39, 0.29) is 0 Å². The second-order valence-electron chi connectivity index (χ2n) is 3.62. The van der Waals surface area contributed by atoms with Gasteiger partial charge in [-0.15, -0.1) is 0 Å². The summed E-state index contributed by atoms with van der Waals surface area (Å²) in [5.74, 6) is -6.09. The molecule has 0 aromatic heterocycles. The smallest absolute Gasteiger partial charge is 0.175 e. The summed E-state index contributed by atoms with van der Waals surface area (Å²) in [5.41, 5.74) is 15.8. The van der Waals surface area contributed by atoms with Crippen molar-refractivity contribution in [3.8, 4) is 0 Å². The fourth-order valence-electron chi connectivity index (χ4n) is 1.37. The van der Waals surface area contributed by atoms with Crippen LogP contribution in [-0.4, -0.2) is 37.8 Å². The average molecular weight is 194 g/mol. The van der Waals surface area contributed by atoms with Crippen LogP contribution in [-0.2, 0) is 0 Å². The van der Waals surface area contributed by atoms with Crippen molar-refractivity contribution >= 4 is 0 Å². The van der Waals surface area contributed by atoms with Gasteiger partial charge in [-0.2, -0.15) is 4.90 Å². The third-order valence-corrected chi connectivity index (χ3v) is 1.36. The first kappa shape index (κ1) is 12.7. The second-order valence-corrected chi connectivity index (χ2v) is 3.62. The Morgan fingerprint density at radius 1 is 0.769 bits per heavy atom. The average Bonchev–Trinajstić information content (AvgIpc) is 1.44. The van der Waals surface area contributed by atoms with Crippen molar-refractivity contribution in [3.63, 3.8) is 0 Å². The van der Waals surface area contributed by atoms with Gasteiger partial charge in [-0.3, -0.25) is 17.2 Å². The third kappa shape index (κ3) is 3.53. The minimum absolute atomic E-state index is 0.562. The molecule has 0 spiro atoms. The number of hydrogen-bond donors (Lipinski definition) is 6. The van der Waals surface area contributed by atoms with Crippen LogP contribution in [0.1, 0.15) is 20.8 Å². The monoisotopic (exact) mass is 194 g/mol. The normalized spacial score (nSPS) is 26.3. The van der Waals surface area contributed by atoms with E-state index in [0.717, 1.165) is 20.8 Å². The fourth-order valence-corrected chi connectivity index (χ4v) is 1.37. The molecule has 0 aliphatic carbocycles. The van der Waals surface area contributed by atoms with Gasteiger partial charge in [-0.05, 0) is 20.8 Å². The largest absolute Gasteiger partial charge is 0.363 e. The van der Waals surface area contributed by atoms with Gasteiger partial charge in [0.25, 0.3) is 0 Å². The molecule has 0 aromatic carbocycles. The summed E-state index contributed by atoms with van der Waals surface area (Å²) < 4.78 is 0. The van der Waals surface area contributed by atoms with Crippen molar-refractivity contribution in [2.75, 3.05) is 0 Å². The molecule has 0 fully saturated rings. The maximum Gasteiger partial charge on any atom is 0.175 e. The topological polar surface area (TPSA) is 142 Å². The van der Waals surface area contributed by atoms with Crippen LogP contribution in [0.25, 0.3) is 0 Å². The molecule has 0 aliphatic heterocycles. The van der Waals surface area contributed by atoms with Crippen LogP contribution in [0.2, 0.25) is 0 Å². The lowest BCUT2D eigenvalue weighted by atomic mass is 10.2. The number of nitrogens with two attached hydrogens (primary N) is 3. The molecule has 0 heterocycles. The molecule has 3 unspecified atom stereocenters. The zero-order valence-electron chi connectivity index (χ0n) is 8.02. The number of hydrogen-bond acceptors (Lipinski definition) is 7. The van der Waals surface area contributed by atoms with Crippen molar-refractivity contribution < 1.29 is 15.3 Å². The summed E-state index contributed by atoms with van der Waals surface area (Å²) in [7, 11) is 0. The van der Waals surface area contributed by atoms with E-state index in [9.17, 15) is 15.3 Å². The van der Waals surface area contributed by atoms with Crippen LogP contribution in [0.15, 0.2) is 0 Å². The van der Waals surface area contributed by atoms with Gasteiger partial charge in [0.2, 0.25) is 0 Å². The molecule has 7 heteroatoms. The summed E-state index contributed by atoms with van der Waals surface area (Å²) in [6.07, 6.45) is 0. The molecular formula is C6H18N4O3. The molecule has 0 aliphatic rings. The zero-order chi connectivity index (χ0) is 11.1. The van der Waals surface area contributed by atoms with Crippen molar-refractivity contribution in [2.24, 2.45) is 17.2 Å². The Hall–Kier alpha value is -0.280. The molecule has 7 nitrogen and oxygen atoms in total. The van der Waals surface area contributed by atoms with Gasteiger partial charge in [0.15, 0.2) is 17.5 Å². The Kier molecular flexibility index (Phi) is 3.07. The molecule has 3 atom stereocenters. The Bertz CT molecular complexity index is 143. The lowest BCUT2D eigenvalue weighted by Gasteiger charge is -2.47. The Morgan fingerprint density at radius 3 is 0.923 bits per heavy atom. The van der Waals surface area contributed by atoms with E-state index in [4.69, 9.17) is 17.2 Å². The van der Waals surface area contributed by atoms with Crippen LogP contribution in [0.4, 0.5) is 0 Å². The Balaban J connectivity index is 5.02. The van der Waals surface area contributed by atoms with Gasteiger partial charge in [0.05, 0.1) is 0 Å². The first-order valence-electron chi connectivity index (χ1n) is 3.71. The summed E-state index contributed by atoms with van der Waals surface area (Å²) in [6.45, 7) is 3.40. The predicted molar refractivity (Wildman–Crippen MR) is 46.3 cm³/mol. The quantitative estimate of drug-likeness (QED) is 0.266. The maximum absolute atomic E-state index is 9.37. The zero-order valence-corrected chi connectivity index (χ0v) is 8.02. The Labute approximate surface area is 76.7 Å². The highest BCUT2D eigenvalue weighted by Gasteiger charge is 2.45. The van der Waals surface area contributed by atoms with Gasteiger partial charge in [-0.1, -0.05) is 0 Å². The lowest BCUT2D eigenvalue weighted by molar-refractivity contribution is -0.301. The highest BCUT2D eigenvalue weighted by atomic mass is 16.4. The molecule has 0 bridgehead atoms. The molecule has 0 aromatic rings. The number of nitrogens with zero attached hydrogens (tertiary/aromatic N) is 1. The van der Waals surface area contributed by atoms with Crippen LogP contribution < -0.4 is 17.2 Å². The van der Waals surface area contributed by atoms with E-state index >= 15 is 0 Å². The second kappa shape index (κ2) is 3.14. The van der Waals surface area contributed by atoms with E-state index in [2.05, 4.69) is 0 Å². The standard InChI is InChI=1S/C6H18N4O3/c1-4(7,11)10(5(2,8)12)6(3,9)13/h11-13H,7-9H2,1-3H3. The van der Waals surface area contributed by atoms with E-state index < -0.39 is 17.5 Å². The summed E-state index contributed by atoms with van der Waals surface area (Å²) in [5, 5.41) is 28.1. The van der Waals surface area contributed by atoms with Crippen LogP contribution in [0.5, 0.6) is 0 Å². The molecule has 9 N–H and O–H groups in total. The van der Waals surface area contributed by atoms with Gasteiger partial charge >= 0.3 is 0 Å². The molecule has 0 amide bonds. The molecule has 80 valence electrons. The van der Waals surface area contributed by atoms with Crippen LogP contribution in [0, 0.1) is 0 Å². The first-order chi connectivity index (χ1) is 5.37. The Morgan fingerprint density at radius 2 is 0.923 bits per heavy atom. The van der Waals surface area contributed by atoms with Gasteiger partial charge in [0.1, 0.15) is 0 Å². The predicted octanol–water partition coefficient (Wildman–Crippen LogP) is -2.84. The van der Waals surface area contributed by atoms with Crippen molar-refractivity contribution in [1.82, 2.24) is 4.90 Å². The maximum atomic E-state index is 9.37. The molecule has 0 saturated carbocycles. The van der Waals surface area contributed by atoms with Crippen molar-refractivity contribution in [1.29, 1.82) is 0 Å². The van der Waals surface area contributed by atoms with E-state index in [1.165, 1.54) is 0 Å². The van der Waals surface area contributed by atoms with Gasteiger partial charge in [0, 0.05) is 0 Å². The number of rotatable bonds is 3. The van der Waals surface area contributed by atoms with E-state index in [0.29, 0.717) is 4.90 Å². The summed E-state index contributed by atoms with van der Waals surface area (Å²) in [4.78, 5) is 0.562.